The number of piperidine rings is 1. The molecule has 3 N–H and O–H groups in total. The van der Waals surface area contributed by atoms with E-state index in [4.69, 9.17) is 4.74 Å². The van der Waals surface area contributed by atoms with Gasteiger partial charge in [0.1, 0.15) is 17.4 Å². The van der Waals surface area contributed by atoms with Gasteiger partial charge >= 0.3 is 11.9 Å². The normalized spacial score (nSPS) is 21.9. The maximum atomic E-state index is 13.2. The van der Waals surface area contributed by atoms with E-state index in [0.29, 0.717) is 35.1 Å². The topological polar surface area (TPSA) is 172 Å². The summed E-state index contributed by atoms with van der Waals surface area (Å²) < 4.78 is 50.2. The first-order chi connectivity index (χ1) is 31.9. The zero-order valence-electron chi connectivity index (χ0n) is 38.4. The van der Waals surface area contributed by atoms with Crippen LogP contribution in [0.5, 0.6) is 0 Å². The average molecular weight is 929 g/mol. The van der Waals surface area contributed by atoms with Crippen molar-refractivity contribution in [1.82, 2.24) is 39.0 Å². The number of benzene rings is 2. The minimum Gasteiger partial charge on any atom is -0.386 e. The highest BCUT2D eigenvalue weighted by Gasteiger charge is 2.48. The number of hydrogen-bond donors (Lipinski definition) is 3. The summed E-state index contributed by atoms with van der Waals surface area (Å²) >= 11 is 0. The third-order valence-electron chi connectivity index (χ3n) is 14.0. The quantitative estimate of drug-likeness (QED) is 0.166. The minimum absolute atomic E-state index is 0.108. The van der Waals surface area contributed by atoms with Gasteiger partial charge in [0.15, 0.2) is 0 Å². The van der Waals surface area contributed by atoms with Crippen LogP contribution >= 0.6 is 0 Å². The van der Waals surface area contributed by atoms with Gasteiger partial charge in [-0.2, -0.15) is 18.3 Å². The number of pyridine rings is 1. The molecule has 2 aromatic carbocycles. The summed E-state index contributed by atoms with van der Waals surface area (Å²) in [4.78, 5) is 60.7. The van der Waals surface area contributed by atoms with Crippen LogP contribution in [0.1, 0.15) is 99.0 Å². The molecule has 3 amide bonds. The number of nitrogens with zero attached hydrogens (tertiary/aromatic N) is 8. The third kappa shape index (κ3) is 9.60. The van der Waals surface area contributed by atoms with Crippen molar-refractivity contribution in [3.63, 3.8) is 0 Å². The number of piperazine rings is 1. The number of imidazole rings is 1. The van der Waals surface area contributed by atoms with E-state index in [1.165, 1.54) is 12.5 Å². The van der Waals surface area contributed by atoms with E-state index in [1.54, 1.807) is 42.2 Å². The molecule has 19 heteroatoms. The number of halogens is 3. The van der Waals surface area contributed by atoms with Crippen molar-refractivity contribution in [2.45, 2.75) is 94.7 Å². The molecule has 67 heavy (non-hydrogen) atoms. The van der Waals surface area contributed by atoms with Gasteiger partial charge in [-0.25, -0.2) is 9.78 Å². The van der Waals surface area contributed by atoms with Crippen LogP contribution in [0, 0.1) is 5.92 Å². The van der Waals surface area contributed by atoms with E-state index in [0.717, 1.165) is 119 Å². The molecule has 5 fully saturated rings. The summed E-state index contributed by atoms with van der Waals surface area (Å²) in [5.41, 5.74) is 1.08. The molecular weight excluding hydrogens is 870 g/mol. The number of likely N-dealkylation sites (tertiary alicyclic amines) is 1. The van der Waals surface area contributed by atoms with Gasteiger partial charge in [0.25, 0.3) is 5.91 Å². The van der Waals surface area contributed by atoms with E-state index < -0.39 is 35.3 Å². The molecule has 1 saturated carbocycles. The van der Waals surface area contributed by atoms with E-state index in [1.807, 2.05) is 23.0 Å². The maximum Gasteiger partial charge on any atom is 0.433 e. The van der Waals surface area contributed by atoms with Crippen LogP contribution in [0.15, 0.2) is 59.5 Å². The highest BCUT2D eigenvalue weighted by Crippen LogP contribution is 2.39. The standard InChI is InChI=1S/C25H34N6O4.C23H25F3N4O2/c1-27-15-25(16-27)12-17(14-35-25)13-29-8-10-30(11-9-29)18-4-3-5-19-22(18)28(2)24(34)31(19)20-6-7-21(32)26-23(20)33;1-22(2,32)16-12-18-14(13-30(29-18)15-7-4-3-5-8-15)11-19(16)28-21(31)17-9-6-10-20(27-17)23(24,25)26/h3-5,17,20H,6-16H2,1-2H3,(H,26,32,33);6,9-13,15,32H,3-5,7-8H2,1-2H3,(H,28,31). The third-order valence-corrected chi connectivity index (χ3v) is 14.0. The fourth-order valence-electron chi connectivity index (χ4n) is 10.8. The number of carbonyl (C=O) groups excluding carboxylic acids is 3. The Hall–Kier alpha value is -5.63. The van der Waals surface area contributed by atoms with Crippen molar-refractivity contribution in [3.05, 3.63) is 82.2 Å². The molecule has 1 aliphatic carbocycles. The highest BCUT2D eigenvalue weighted by atomic mass is 19.4. The number of ether oxygens (including phenoxy) is 1. The van der Waals surface area contributed by atoms with E-state index in [-0.39, 0.29) is 29.3 Å². The Balaban J connectivity index is 0.000000169. The largest absolute Gasteiger partial charge is 0.433 e. The fraction of sp³-hybridized carbons (Fsp3) is 0.542. The number of para-hydroxylation sites is 1. The molecule has 0 radical (unpaired) electrons. The number of likely N-dealkylation sites (N-methyl/N-ethyl adjacent to an activating group) is 1. The zero-order valence-corrected chi connectivity index (χ0v) is 38.4. The molecule has 16 nitrogen and oxygen atoms in total. The van der Waals surface area contributed by atoms with Crippen molar-refractivity contribution in [2.75, 3.05) is 69.7 Å². The summed E-state index contributed by atoms with van der Waals surface area (Å²) in [6.45, 7) is 10.9. The lowest BCUT2D eigenvalue weighted by Crippen LogP contribution is -2.59. The summed E-state index contributed by atoms with van der Waals surface area (Å²) in [6, 6.07) is 12.1. The van der Waals surface area contributed by atoms with Gasteiger partial charge in [-0.3, -0.25) is 38.4 Å². The average Bonchev–Trinajstić information content (AvgIpc) is 3.97. The van der Waals surface area contributed by atoms with E-state index in [9.17, 15) is 37.5 Å². The number of imide groups is 1. The first kappa shape index (κ1) is 46.5. The molecule has 0 bridgehead atoms. The predicted octanol–water partition coefficient (Wildman–Crippen LogP) is 5.60. The molecular formula is C48H59F3N10O6. The molecule has 358 valence electrons. The summed E-state index contributed by atoms with van der Waals surface area (Å²) in [6.07, 6.45) is 4.64. The van der Waals surface area contributed by atoms with Gasteiger partial charge < -0.3 is 25.0 Å². The Morgan fingerprint density at radius 2 is 1.70 bits per heavy atom. The first-order valence-electron chi connectivity index (χ1n) is 23.3. The van der Waals surface area contributed by atoms with Crippen LogP contribution in [0.3, 0.4) is 0 Å². The Kier molecular flexibility index (Phi) is 12.6. The number of fused-ring (bicyclic) bond motifs is 2. The number of rotatable bonds is 8. The summed E-state index contributed by atoms with van der Waals surface area (Å²) in [7, 11) is 3.91. The number of hydrogen-bond acceptors (Lipinski definition) is 11. The first-order valence-corrected chi connectivity index (χ1v) is 23.3. The maximum absolute atomic E-state index is 13.2. The number of aryl methyl sites for hydroxylation is 1. The van der Waals surface area contributed by atoms with Crippen LogP contribution in [0.4, 0.5) is 24.5 Å². The van der Waals surface area contributed by atoms with Gasteiger partial charge in [-0.05, 0) is 88.9 Å². The van der Waals surface area contributed by atoms with Gasteiger partial charge in [-0.15, -0.1) is 0 Å². The number of aromatic nitrogens is 5. The second kappa shape index (κ2) is 18.1. The lowest BCUT2D eigenvalue weighted by molar-refractivity contribution is -0.141. The van der Waals surface area contributed by atoms with Crippen LogP contribution in [-0.4, -0.2) is 122 Å². The molecule has 2 unspecified atom stereocenters. The number of amides is 3. The molecule has 2 atom stereocenters. The van der Waals surface area contributed by atoms with E-state index in [2.05, 4.69) is 48.5 Å². The summed E-state index contributed by atoms with van der Waals surface area (Å²) in [5, 5.41) is 21.1. The van der Waals surface area contributed by atoms with Crippen molar-refractivity contribution in [3.8, 4) is 0 Å². The van der Waals surface area contributed by atoms with Crippen LogP contribution < -0.4 is 21.2 Å². The smallest absolute Gasteiger partial charge is 0.386 e. The highest BCUT2D eigenvalue weighted by molar-refractivity contribution is 6.04. The monoisotopic (exact) mass is 928 g/mol. The van der Waals surface area contributed by atoms with Gasteiger partial charge in [0.2, 0.25) is 11.8 Å². The van der Waals surface area contributed by atoms with Crippen molar-refractivity contribution in [1.29, 1.82) is 0 Å². The molecule has 10 rings (SSSR count). The molecule has 3 aromatic heterocycles. The van der Waals surface area contributed by atoms with E-state index >= 15 is 0 Å². The number of anilines is 2. The van der Waals surface area contributed by atoms with Crippen LogP contribution in [0.25, 0.3) is 21.9 Å². The summed E-state index contributed by atoms with van der Waals surface area (Å²) in [5.74, 6) is -0.874. The van der Waals surface area contributed by atoms with Crippen molar-refractivity contribution >= 4 is 51.0 Å². The molecule has 7 heterocycles. The second-order valence-electron chi connectivity index (χ2n) is 19.6. The minimum atomic E-state index is -4.65. The Morgan fingerprint density at radius 1 is 0.970 bits per heavy atom. The Bertz CT molecular complexity index is 2740. The predicted molar refractivity (Wildman–Crippen MR) is 246 cm³/mol. The van der Waals surface area contributed by atoms with Gasteiger partial charge in [0.05, 0.1) is 46.1 Å². The van der Waals surface area contributed by atoms with Gasteiger partial charge in [-0.1, -0.05) is 31.4 Å². The van der Waals surface area contributed by atoms with Gasteiger partial charge in [0, 0.05) is 82.1 Å². The fourth-order valence-corrected chi connectivity index (χ4v) is 10.8. The molecule has 1 spiro atoms. The number of nitrogens with one attached hydrogen (secondary N) is 2. The molecule has 4 saturated heterocycles. The lowest BCUT2D eigenvalue weighted by Gasteiger charge is -2.45. The second-order valence-corrected chi connectivity index (χ2v) is 19.6. The van der Waals surface area contributed by atoms with Crippen LogP contribution in [-0.2, 0) is 33.2 Å². The lowest BCUT2D eigenvalue weighted by atomic mass is 9.87. The van der Waals surface area contributed by atoms with Crippen molar-refractivity contribution in [2.24, 2.45) is 13.0 Å². The number of carbonyl (C=O) groups is 3. The zero-order chi connectivity index (χ0) is 47.4. The molecule has 5 aromatic rings. The number of aliphatic hydroxyl groups is 1. The molecule has 4 aliphatic heterocycles. The Labute approximate surface area is 386 Å². The SMILES string of the molecule is CC(C)(O)c1cc2nn(C3CCCCC3)cc2cc1NC(=O)c1cccc(C(F)(F)F)n1.CN1CC2(CC(CN3CCN(c4cccc5c4n(C)c(=O)n5C4CCC(=O)NC4=O)CC3)CO2)C1. The van der Waals surface area contributed by atoms with Crippen LogP contribution in [0.2, 0.25) is 0 Å². The Morgan fingerprint density at radius 3 is 2.39 bits per heavy atom. The number of alkyl halides is 3. The van der Waals surface area contributed by atoms with Crippen molar-refractivity contribution < 1.29 is 37.4 Å². The molecule has 5 aliphatic rings.